The molecule has 4 aromatic rings. The number of halogens is 3. The number of aryl methyl sites for hydroxylation is 2. The Morgan fingerprint density at radius 1 is 0.581 bits per heavy atom. The number of ether oxygens (including phenoxy) is 2. The molecule has 0 bridgehead atoms. The van der Waals surface area contributed by atoms with Gasteiger partial charge in [0.2, 0.25) is 0 Å². The zero-order chi connectivity index (χ0) is 44.6. The number of ketones is 2. The number of alkyl halides is 3. The predicted molar refractivity (Wildman–Crippen MR) is 229 cm³/mol. The van der Waals surface area contributed by atoms with Crippen LogP contribution >= 0.6 is 0 Å². The SMILES string of the molecule is CCc1ccc(N(Cc2ccc(C(=O)CN)cc2)C(=O)N2CCOCC2)cc1.CCc1ccc(N(Cc2ccc(C(=O)CNC(=O)C(F)(F)F)cc2)C(=O)N2CCOCC2)cc1. The molecule has 2 heterocycles. The topological polar surface area (TPSA) is 155 Å². The van der Waals surface area contributed by atoms with Gasteiger partial charge in [-0.1, -0.05) is 86.6 Å². The molecule has 0 atom stereocenters. The van der Waals surface area contributed by atoms with E-state index in [0.29, 0.717) is 64.7 Å². The van der Waals surface area contributed by atoms with Crippen LogP contribution in [-0.2, 0) is 40.2 Å². The minimum Gasteiger partial charge on any atom is -0.378 e. The molecule has 4 aromatic carbocycles. The van der Waals surface area contributed by atoms with Crippen molar-refractivity contribution in [2.24, 2.45) is 5.73 Å². The predicted octanol–water partition coefficient (Wildman–Crippen LogP) is 6.42. The van der Waals surface area contributed by atoms with Gasteiger partial charge < -0.3 is 30.3 Å². The van der Waals surface area contributed by atoms with Crippen LogP contribution < -0.4 is 20.9 Å². The number of amides is 5. The van der Waals surface area contributed by atoms with Crippen molar-refractivity contribution < 1.29 is 46.6 Å². The van der Waals surface area contributed by atoms with E-state index >= 15 is 0 Å². The van der Waals surface area contributed by atoms with Crippen LogP contribution in [0.15, 0.2) is 97.1 Å². The van der Waals surface area contributed by atoms with Crippen molar-refractivity contribution in [2.75, 3.05) is 75.5 Å². The number of anilines is 2. The summed E-state index contributed by atoms with van der Waals surface area (Å²) in [6.07, 6.45) is -3.22. The Labute approximate surface area is 359 Å². The lowest BCUT2D eigenvalue weighted by Crippen LogP contribution is -2.48. The Kier molecular flexibility index (Phi) is 17.2. The molecule has 3 N–H and O–H groups in total. The second kappa shape index (κ2) is 22.7. The quantitative estimate of drug-likeness (QED) is 0.146. The standard InChI is InChI=1S/C24H26F3N3O4.C22H27N3O3/c1-2-17-5-9-20(10-6-17)30(23(33)29-11-13-34-14-12-29)16-18-3-7-19(8-4-18)21(31)15-28-22(32)24(25,26)27;1-2-17-5-9-20(10-6-17)25(22(27)24-11-13-28-14-12-24)16-18-3-7-19(8-4-18)21(26)15-23/h3-10H,2,11-16H2,1H3,(H,28,32);3-10H,2,11-16,23H2,1H3. The van der Waals surface area contributed by atoms with E-state index in [1.54, 1.807) is 44.3 Å². The summed E-state index contributed by atoms with van der Waals surface area (Å²) in [5, 5.41) is 1.57. The molecule has 2 saturated heterocycles. The number of morpholine rings is 2. The second-order valence-electron chi connectivity index (χ2n) is 14.6. The third-order valence-corrected chi connectivity index (χ3v) is 10.4. The van der Waals surface area contributed by atoms with Gasteiger partial charge in [0.25, 0.3) is 0 Å². The van der Waals surface area contributed by atoms with Gasteiger partial charge in [0, 0.05) is 48.7 Å². The minimum atomic E-state index is -5.05. The lowest BCUT2D eigenvalue weighted by molar-refractivity contribution is -0.173. The first-order valence-electron chi connectivity index (χ1n) is 20.6. The molecule has 6 rings (SSSR count). The van der Waals surface area contributed by atoms with Gasteiger partial charge in [-0.3, -0.25) is 24.2 Å². The van der Waals surface area contributed by atoms with Gasteiger partial charge in [0.15, 0.2) is 11.6 Å². The maximum Gasteiger partial charge on any atom is 0.471 e. The molecule has 0 radical (unpaired) electrons. The van der Waals surface area contributed by atoms with Crippen LogP contribution in [0.5, 0.6) is 0 Å². The molecule has 13 nitrogen and oxygen atoms in total. The molecule has 16 heteroatoms. The third-order valence-electron chi connectivity index (χ3n) is 10.4. The summed E-state index contributed by atoms with van der Waals surface area (Å²) in [5.41, 5.74) is 11.8. The Balaban J connectivity index is 0.000000238. The molecule has 0 spiro atoms. The normalized spacial score (nSPS) is 14.0. The molecule has 0 aromatic heterocycles. The zero-order valence-corrected chi connectivity index (χ0v) is 35.0. The number of rotatable bonds is 13. The van der Waals surface area contributed by atoms with Gasteiger partial charge in [0.05, 0.1) is 52.6 Å². The average molecular weight is 859 g/mol. The fraction of sp³-hybridized carbons (Fsp3) is 0.370. The van der Waals surface area contributed by atoms with Crippen molar-refractivity contribution in [3.63, 3.8) is 0 Å². The number of carbonyl (C=O) groups is 5. The first kappa shape index (κ1) is 47.0. The summed E-state index contributed by atoms with van der Waals surface area (Å²) in [6, 6.07) is 29.1. The van der Waals surface area contributed by atoms with Gasteiger partial charge in [-0.25, -0.2) is 9.59 Å². The number of hydrogen-bond donors (Lipinski definition) is 2. The van der Waals surface area contributed by atoms with E-state index in [-0.39, 0.29) is 36.5 Å². The molecule has 62 heavy (non-hydrogen) atoms. The summed E-state index contributed by atoms with van der Waals surface area (Å²) in [7, 11) is 0. The highest BCUT2D eigenvalue weighted by Crippen LogP contribution is 2.24. The fourth-order valence-corrected chi connectivity index (χ4v) is 6.65. The van der Waals surface area contributed by atoms with E-state index in [9.17, 15) is 37.1 Å². The van der Waals surface area contributed by atoms with Crippen molar-refractivity contribution in [1.29, 1.82) is 0 Å². The zero-order valence-electron chi connectivity index (χ0n) is 35.0. The molecule has 330 valence electrons. The first-order valence-corrected chi connectivity index (χ1v) is 20.6. The van der Waals surface area contributed by atoms with Gasteiger partial charge >= 0.3 is 24.1 Å². The van der Waals surface area contributed by atoms with E-state index < -0.39 is 24.4 Å². The Morgan fingerprint density at radius 3 is 1.27 bits per heavy atom. The first-order chi connectivity index (χ1) is 29.8. The molecular formula is C46H53F3N6O7. The third kappa shape index (κ3) is 13.2. The number of nitrogens with one attached hydrogen (secondary N) is 1. The highest BCUT2D eigenvalue weighted by atomic mass is 19.4. The van der Waals surface area contributed by atoms with E-state index in [0.717, 1.165) is 40.9 Å². The van der Waals surface area contributed by atoms with Crippen molar-refractivity contribution in [2.45, 2.75) is 46.0 Å². The number of benzene rings is 4. The Bertz CT molecular complexity index is 2100. The maximum atomic E-state index is 13.3. The molecule has 2 aliphatic heterocycles. The summed E-state index contributed by atoms with van der Waals surface area (Å²) in [4.78, 5) is 68.2. The van der Waals surface area contributed by atoms with Crippen LogP contribution in [-0.4, -0.2) is 111 Å². The highest BCUT2D eigenvalue weighted by Gasteiger charge is 2.38. The molecule has 0 unspecified atom stereocenters. The maximum absolute atomic E-state index is 13.3. The Hall–Kier alpha value is -6.10. The van der Waals surface area contributed by atoms with Crippen molar-refractivity contribution in [3.05, 3.63) is 130 Å². The average Bonchev–Trinajstić information content (AvgIpc) is 3.31. The van der Waals surface area contributed by atoms with Crippen LogP contribution in [0.4, 0.5) is 34.1 Å². The Morgan fingerprint density at radius 2 is 0.935 bits per heavy atom. The van der Waals surface area contributed by atoms with Crippen LogP contribution in [0.25, 0.3) is 0 Å². The van der Waals surface area contributed by atoms with E-state index in [1.807, 2.05) is 60.4 Å². The van der Waals surface area contributed by atoms with Crippen LogP contribution in [0, 0.1) is 0 Å². The summed E-state index contributed by atoms with van der Waals surface area (Å²) in [6.45, 7) is 8.25. The molecular weight excluding hydrogens is 806 g/mol. The van der Waals surface area contributed by atoms with Gasteiger partial charge in [-0.05, 0) is 59.4 Å². The van der Waals surface area contributed by atoms with Gasteiger partial charge in [-0.2, -0.15) is 13.2 Å². The van der Waals surface area contributed by atoms with Crippen molar-refractivity contribution in [1.82, 2.24) is 15.1 Å². The molecule has 0 saturated carbocycles. The van der Waals surface area contributed by atoms with Gasteiger partial charge in [-0.15, -0.1) is 0 Å². The largest absolute Gasteiger partial charge is 0.471 e. The highest BCUT2D eigenvalue weighted by molar-refractivity contribution is 6.00. The van der Waals surface area contributed by atoms with Crippen LogP contribution in [0.1, 0.15) is 56.8 Å². The number of urea groups is 2. The summed E-state index contributed by atoms with van der Waals surface area (Å²) >= 11 is 0. The number of Topliss-reactive ketones (excluding diaryl/α,β-unsaturated/α-hetero) is 2. The van der Waals surface area contributed by atoms with Crippen LogP contribution in [0.2, 0.25) is 0 Å². The minimum absolute atomic E-state index is 0.00916. The fourth-order valence-electron chi connectivity index (χ4n) is 6.65. The van der Waals surface area contributed by atoms with Crippen LogP contribution in [0.3, 0.4) is 0 Å². The van der Waals surface area contributed by atoms with E-state index in [4.69, 9.17) is 15.2 Å². The molecule has 2 fully saturated rings. The summed E-state index contributed by atoms with van der Waals surface area (Å²) in [5.74, 6) is -2.91. The smallest absolute Gasteiger partial charge is 0.378 e. The van der Waals surface area contributed by atoms with E-state index in [1.165, 1.54) is 17.7 Å². The molecule has 5 amide bonds. The number of carbonyl (C=O) groups excluding carboxylic acids is 5. The lowest BCUT2D eigenvalue weighted by atomic mass is 10.1. The van der Waals surface area contributed by atoms with Crippen molar-refractivity contribution in [3.8, 4) is 0 Å². The van der Waals surface area contributed by atoms with Crippen molar-refractivity contribution >= 4 is 40.9 Å². The number of nitrogens with zero attached hydrogens (tertiary/aromatic N) is 4. The number of hydrogen-bond acceptors (Lipinski definition) is 8. The monoisotopic (exact) mass is 858 g/mol. The second-order valence-corrected chi connectivity index (χ2v) is 14.6. The van der Waals surface area contributed by atoms with Gasteiger partial charge in [0.1, 0.15) is 0 Å². The van der Waals surface area contributed by atoms with E-state index in [2.05, 4.69) is 19.1 Å². The summed E-state index contributed by atoms with van der Waals surface area (Å²) < 4.78 is 47.6. The molecule has 2 aliphatic rings. The molecule has 0 aliphatic carbocycles. The number of nitrogens with two attached hydrogens (primary N) is 1. The lowest BCUT2D eigenvalue weighted by Gasteiger charge is -2.33.